The lowest BCUT2D eigenvalue weighted by atomic mass is 10.1. The van der Waals surface area contributed by atoms with Crippen LogP contribution in [-0.2, 0) is 9.53 Å². The van der Waals surface area contributed by atoms with Gasteiger partial charge >= 0.3 is 0 Å². The van der Waals surface area contributed by atoms with Gasteiger partial charge in [-0.1, -0.05) is 26.0 Å². The van der Waals surface area contributed by atoms with Gasteiger partial charge in [-0.2, -0.15) is 5.26 Å². The van der Waals surface area contributed by atoms with Crippen LogP contribution in [0.25, 0.3) is 0 Å². The molecule has 0 radical (unpaired) electrons. The minimum absolute atomic E-state index is 0.230. The number of carbonyl (C=O) groups excluding carboxylic acids is 1. The third-order valence-electron chi connectivity index (χ3n) is 2.74. The summed E-state index contributed by atoms with van der Waals surface area (Å²) in [5.74, 6) is 0.320. The Hall–Kier alpha value is -1.86. The fourth-order valence-corrected chi connectivity index (χ4v) is 1.48. The molecule has 0 saturated carbocycles. The summed E-state index contributed by atoms with van der Waals surface area (Å²) in [6.07, 6.45) is 0.400. The van der Waals surface area contributed by atoms with Crippen molar-refractivity contribution in [3.63, 3.8) is 0 Å². The average molecular weight is 260 g/mol. The van der Waals surface area contributed by atoms with Crippen LogP contribution in [0.15, 0.2) is 24.3 Å². The summed E-state index contributed by atoms with van der Waals surface area (Å²) >= 11 is 0. The Morgan fingerprint density at radius 1 is 1.37 bits per heavy atom. The maximum atomic E-state index is 11.9. The lowest BCUT2D eigenvalue weighted by molar-refractivity contribution is -0.126. The van der Waals surface area contributed by atoms with Crippen LogP contribution in [0.2, 0.25) is 0 Å². The first-order valence-electron chi connectivity index (χ1n) is 6.46. The minimum Gasteiger partial charge on any atom is -0.369 e. The van der Waals surface area contributed by atoms with Gasteiger partial charge < -0.3 is 10.1 Å². The zero-order chi connectivity index (χ0) is 14.3. The van der Waals surface area contributed by atoms with E-state index in [4.69, 9.17) is 10.00 Å². The van der Waals surface area contributed by atoms with Crippen LogP contribution < -0.4 is 5.32 Å². The van der Waals surface area contributed by atoms with Crippen LogP contribution in [0.4, 0.5) is 5.69 Å². The molecule has 0 aliphatic heterocycles. The normalized spacial score (nSPS) is 11.9. The van der Waals surface area contributed by atoms with E-state index in [0.29, 0.717) is 23.8 Å². The summed E-state index contributed by atoms with van der Waals surface area (Å²) in [4.78, 5) is 11.9. The first kappa shape index (κ1) is 15.2. The second kappa shape index (κ2) is 7.55. The molecule has 0 aliphatic carbocycles. The van der Waals surface area contributed by atoms with E-state index in [0.717, 1.165) is 6.42 Å². The molecule has 102 valence electrons. The molecule has 1 amide bonds. The standard InChI is InChI=1S/C15H20N2O2/c1-11(2)8-9-19-12(3)15(18)17-14-7-5-4-6-13(14)10-16/h4-7,11-12H,8-9H2,1-3H3,(H,17,18). The number of hydrogen-bond acceptors (Lipinski definition) is 3. The Kier molecular flexibility index (Phi) is 6.04. The second-order valence-corrected chi connectivity index (χ2v) is 4.84. The fourth-order valence-electron chi connectivity index (χ4n) is 1.48. The minimum atomic E-state index is -0.523. The topological polar surface area (TPSA) is 62.1 Å². The molecule has 0 aliphatic rings. The van der Waals surface area contributed by atoms with Crippen molar-refractivity contribution in [2.24, 2.45) is 5.92 Å². The number of amides is 1. The van der Waals surface area contributed by atoms with E-state index in [1.807, 2.05) is 6.07 Å². The Labute approximate surface area is 114 Å². The molecule has 1 atom stereocenters. The van der Waals surface area contributed by atoms with Crippen molar-refractivity contribution in [3.8, 4) is 6.07 Å². The molecule has 4 nitrogen and oxygen atoms in total. The highest BCUT2D eigenvalue weighted by Gasteiger charge is 2.14. The van der Waals surface area contributed by atoms with E-state index in [9.17, 15) is 4.79 Å². The monoisotopic (exact) mass is 260 g/mol. The predicted octanol–water partition coefficient (Wildman–Crippen LogP) is 2.95. The van der Waals surface area contributed by atoms with E-state index < -0.39 is 6.10 Å². The van der Waals surface area contributed by atoms with Gasteiger partial charge in [0.15, 0.2) is 0 Å². The quantitative estimate of drug-likeness (QED) is 0.855. The smallest absolute Gasteiger partial charge is 0.253 e. The Bertz CT molecular complexity index is 463. The molecule has 4 heteroatoms. The van der Waals surface area contributed by atoms with Crippen molar-refractivity contribution in [2.75, 3.05) is 11.9 Å². The van der Waals surface area contributed by atoms with Crippen LogP contribution in [-0.4, -0.2) is 18.6 Å². The summed E-state index contributed by atoms with van der Waals surface area (Å²) in [6, 6.07) is 8.95. The fraction of sp³-hybridized carbons (Fsp3) is 0.467. The van der Waals surface area contributed by atoms with Crippen molar-refractivity contribution in [3.05, 3.63) is 29.8 Å². The molecule has 1 aromatic rings. The molecular weight excluding hydrogens is 240 g/mol. The molecule has 0 saturated heterocycles. The van der Waals surface area contributed by atoms with Gasteiger partial charge in [0.1, 0.15) is 12.2 Å². The number of nitrogens with zero attached hydrogens (tertiary/aromatic N) is 1. The molecule has 0 fully saturated rings. The van der Waals surface area contributed by atoms with Crippen molar-refractivity contribution in [2.45, 2.75) is 33.3 Å². The summed E-state index contributed by atoms with van der Waals surface area (Å²) in [5.41, 5.74) is 0.972. The van der Waals surface area contributed by atoms with Crippen LogP contribution in [0.1, 0.15) is 32.8 Å². The first-order chi connectivity index (χ1) is 9.04. The number of para-hydroxylation sites is 1. The van der Waals surface area contributed by atoms with E-state index >= 15 is 0 Å². The zero-order valence-electron chi connectivity index (χ0n) is 11.6. The van der Waals surface area contributed by atoms with E-state index in [1.165, 1.54) is 0 Å². The molecule has 0 bridgehead atoms. The molecule has 19 heavy (non-hydrogen) atoms. The van der Waals surface area contributed by atoms with Crippen LogP contribution >= 0.6 is 0 Å². The maximum Gasteiger partial charge on any atom is 0.253 e. The number of anilines is 1. The number of benzene rings is 1. The van der Waals surface area contributed by atoms with Gasteiger partial charge in [0, 0.05) is 6.61 Å². The average Bonchev–Trinajstić information content (AvgIpc) is 2.38. The van der Waals surface area contributed by atoms with Gasteiger partial charge in [-0.05, 0) is 31.4 Å². The van der Waals surface area contributed by atoms with Crippen LogP contribution in [0, 0.1) is 17.2 Å². The number of nitriles is 1. The van der Waals surface area contributed by atoms with Crippen molar-refractivity contribution >= 4 is 11.6 Å². The molecule has 1 aromatic carbocycles. The highest BCUT2D eigenvalue weighted by Crippen LogP contribution is 2.14. The summed E-state index contributed by atoms with van der Waals surface area (Å²) < 4.78 is 5.47. The highest BCUT2D eigenvalue weighted by molar-refractivity contribution is 5.95. The van der Waals surface area contributed by atoms with Gasteiger partial charge in [-0.15, -0.1) is 0 Å². The van der Waals surface area contributed by atoms with Crippen molar-refractivity contribution in [1.29, 1.82) is 5.26 Å². The highest BCUT2D eigenvalue weighted by atomic mass is 16.5. The largest absolute Gasteiger partial charge is 0.369 e. The second-order valence-electron chi connectivity index (χ2n) is 4.84. The first-order valence-corrected chi connectivity index (χ1v) is 6.46. The molecule has 1 N–H and O–H groups in total. The van der Waals surface area contributed by atoms with Crippen LogP contribution in [0.5, 0.6) is 0 Å². The molecular formula is C15H20N2O2. The number of hydrogen-bond donors (Lipinski definition) is 1. The summed E-state index contributed by atoms with van der Waals surface area (Å²) in [5, 5.41) is 11.7. The lowest BCUT2D eigenvalue weighted by Gasteiger charge is -2.14. The number of ether oxygens (including phenoxy) is 1. The molecule has 1 unspecified atom stereocenters. The lowest BCUT2D eigenvalue weighted by Crippen LogP contribution is -2.28. The van der Waals surface area contributed by atoms with Crippen molar-refractivity contribution in [1.82, 2.24) is 0 Å². The third-order valence-corrected chi connectivity index (χ3v) is 2.74. The van der Waals surface area contributed by atoms with Gasteiger partial charge in [0.05, 0.1) is 11.3 Å². The predicted molar refractivity (Wildman–Crippen MR) is 74.7 cm³/mol. The zero-order valence-corrected chi connectivity index (χ0v) is 11.6. The van der Waals surface area contributed by atoms with Gasteiger partial charge in [-0.25, -0.2) is 0 Å². The number of rotatable bonds is 6. The maximum absolute atomic E-state index is 11.9. The van der Waals surface area contributed by atoms with Gasteiger partial charge in [-0.3, -0.25) is 4.79 Å². The third kappa shape index (κ3) is 5.11. The van der Waals surface area contributed by atoms with Crippen LogP contribution in [0.3, 0.4) is 0 Å². The summed E-state index contributed by atoms with van der Waals surface area (Å²) in [6.45, 7) is 6.49. The van der Waals surface area contributed by atoms with E-state index in [-0.39, 0.29) is 5.91 Å². The Balaban J connectivity index is 2.52. The van der Waals surface area contributed by atoms with Gasteiger partial charge in [0.2, 0.25) is 0 Å². The number of nitrogens with one attached hydrogen (secondary N) is 1. The number of carbonyl (C=O) groups is 1. The molecule has 0 aromatic heterocycles. The van der Waals surface area contributed by atoms with Crippen molar-refractivity contribution < 1.29 is 9.53 Å². The Morgan fingerprint density at radius 2 is 2.05 bits per heavy atom. The van der Waals surface area contributed by atoms with E-state index in [1.54, 1.807) is 31.2 Å². The molecule has 0 heterocycles. The molecule has 0 spiro atoms. The molecule has 1 rings (SSSR count). The van der Waals surface area contributed by atoms with E-state index in [2.05, 4.69) is 19.2 Å². The summed E-state index contributed by atoms with van der Waals surface area (Å²) in [7, 11) is 0. The van der Waals surface area contributed by atoms with Gasteiger partial charge in [0.25, 0.3) is 5.91 Å². The SMILES string of the molecule is CC(C)CCOC(C)C(=O)Nc1ccccc1C#N. The Morgan fingerprint density at radius 3 is 2.68 bits per heavy atom.